The second-order valence-corrected chi connectivity index (χ2v) is 4.87. The monoisotopic (exact) mass is 266 g/mol. The van der Waals surface area contributed by atoms with Crippen LogP contribution in [0.15, 0.2) is 0 Å². The number of morpholine rings is 1. The highest BCUT2D eigenvalue weighted by molar-refractivity contribution is 5.78. The molecule has 0 aromatic carbocycles. The van der Waals surface area contributed by atoms with Gasteiger partial charge < -0.3 is 15.0 Å². The molecule has 1 fully saturated rings. The third kappa shape index (κ3) is 3.33. The van der Waals surface area contributed by atoms with E-state index < -0.39 is 0 Å². The number of hydrogen-bond donors (Lipinski definition) is 1. The number of hydrogen-bond acceptors (Lipinski definition) is 4. The molecule has 1 aromatic heterocycles. The Kier molecular flexibility index (Phi) is 4.55. The van der Waals surface area contributed by atoms with Crippen LogP contribution in [0, 0.1) is 13.8 Å². The smallest absolute Gasteiger partial charge is 0.236 e. The Morgan fingerprint density at radius 3 is 2.63 bits per heavy atom. The van der Waals surface area contributed by atoms with Crippen molar-refractivity contribution in [3.05, 3.63) is 17.0 Å². The van der Waals surface area contributed by atoms with Gasteiger partial charge in [0, 0.05) is 37.9 Å². The Morgan fingerprint density at radius 2 is 2.05 bits per heavy atom. The third-order valence-electron chi connectivity index (χ3n) is 3.60. The fraction of sp³-hybridized carbons (Fsp3) is 0.692. The van der Waals surface area contributed by atoms with Crippen molar-refractivity contribution in [2.75, 3.05) is 32.8 Å². The normalized spacial score (nSPS) is 15.8. The number of aryl methyl sites for hydroxylation is 2. The highest BCUT2D eigenvalue weighted by atomic mass is 16.5. The summed E-state index contributed by atoms with van der Waals surface area (Å²) in [4.78, 5) is 13.8. The molecule has 1 aliphatic rings. The summed E-state index contributed by atoms with van der Waals surface area (Å²) in [6.07, 6.45) is 0. The molecule has 0 saturated carbocycles. The van der Waals surface area contributed by atoms with Crippen molar-refractivity contribution in [2.45, 2.75) is 20.4 Å². The number of carbonyl (C=O) groups excluding carboxylic acids is 1. The minimum Gasteiger partial charge on any atom is -0.378 e. The van der Waals surface area contributed by atoms with Gasteiger partial charge in [0.05, 0.1) is 25.5 Å². The number of nitrogens with zero attached hydrogens (tertiary/aromatic N) is 3. The van der Waals surface area contributed by atoms with Crippen LogP contribution in [0.1, 0.15) is 17.0 Å². The summed E-state index contributed by atoms with van der Waals surface area (Å²) in [6, 6.07) is 0. The lowest BCUT2D eigenvalue weighted by Gasteiger charge is -2.26. The van der Waals surface area contributed by atoms with E-state index in [2.05, 4.69) is 10.4 Å². The number of rotatable bonds is 4. The highest BCUT2D eigenvalue weighted by Gasteiger charge is 2.16. The van der Waals surface area contributed by atoms with E-state index >= 15 is 0 Å². The summed E-state index contributed by atoms with van der Waals surface area (Å²) in [5.74, 6) is 0.141. The summed E-state index contributed by atoms with van der Waals surface area (Å²) in [7, 11) is 1.94. The lowest BCUT2D eigenvalue weighted by atomic mass is 10.2. The van der Waals surface area contributed by atoms with Gasteiger partial charge >= 0.3 is 0 Å². The average Bonchev–Trinajstić information content (AvgIpc) is 2.66. The molecule has 2 rings (SSSR count). The van der Waals surface area contributed by atoms with Crippen LogP contribution in [0.4, 0.5) is 0 Å². The summed E-state index contributed by atoms with van der Waals surface area (Å²) in [5.41, 5.74) is 3.34. The number of aromatic nitrogens is 2. The molecule has 106 valence electrons. The maximum Gasteiger partial charge on any atom is 0.236 e. The quantitative estimate of drug-likeness (QED) is 0.832. The molecule has 6 heteroatoms. The number of amides is 1. The number of ether oxygens (including phenoxy) is 1. The van der Waals surface area contributed by atoms with Crippen LogP contribution in [0.5, 0.6) is 0 Å². The van der Waals surface area contributed by atoms with Crippen LogP contribution in [-0.2, 0) is 23.1 Å². The van der Waals surface area contributed by atoms with Gasteiger partial charge in [0.15, 0.2) is 0 Å². The topological polar surface area (TPSA) is 59.4 Å². The first kappa shape index (κ1) is 14.0. The van der Waals surface area contributed by atoms with Gasteiger partial charge in [-0.3, -0.25) is 9.48 Å². The minimum absolute atomic E-state index is 0.141. The molecular weight excluding hydrogens is 244 g/mol. The van der Waals surface area contributed by atoms with E-state index in [1.54, 1.807) is 0 Å². The molecule has 1 aliphatic heterocycles. The van der Waals surface area contributed by atoms with Crippen molar-refractivity contribution in [3.8, 4) is 0 Å². The van der Waals surface area contributed by atoms with Crippen molar-refractivity contribution in [1.82, 2.24) is 20.0 Å². The summed E-state index contributed by atoms with van der Waals surface area (Å²) in [6.45, 7) is 7.78. The summed E-state index contributed by atoms with van der Waals surface area (Å²) in [5, 5.41) is 7.57. The first-order valence-electron chi connectivity index (χ1n) is 6.65. The zero-order valence-corrected chi connectivity index (χ0v) is 11.9. The minimum atomic E-state index is 0.141. The second kappa shape index (κ2) is 6.16. The van der Waals surface area contributed by atoms with E-state index in [1.165, 1.54) is 5.56 Å². The van der Waals surface area contributed by atoms with Gasteiger partial charge in [-0.25, -0.2) is 0 Å². The van der Waals surface area contributed by atoms with Crippen LogP contribution in [0.25, 0.3) is 0 Å². The van der Waals surface area contributed by atoms with Crippen LogP contribution in [0.2, 0.25) is 0 Å². The van der Waals surface area contributed by atoms with Gasteiger partial charge in [0.1, 0.15) is 0 Å². The zero-order valence-electron chi connectivity index (χ0n) is 11.9. The first-order chi connectivity index (χ1) is 9.09. The van der Waals surface area contributed by atoms with Crippen LogP contribution in [0.3, 0.4) is 0 Å². The molecule has 1 aromatic rings. The molecule has 0 bridgehead atoms. The average molecular weight is 266 g/mol. The Hall–Kier alpha value is -1.40. The number of nitrogens with one attached hydrogen (secondary N) is 1. The number of carbonyl (C=O) groups is 1. The summed E-state index contributed by atoms with van der Waals surface area (Å²) >= 11 is 0. The molecular formula is C13H22N4O2. The van der Waals surface area contributed by atoms with Crippen LogP contribution >= 0.6 is 0 Å². The molecule has 0 unspecified atom stereocenters. The summed E-state index contributed by atoms with van der Waals surface area (Å²) < 4.78 is 7.10. The Morgan fingerprint density at radius 1 is 1.37 bits per heavy atom. The molecule has 1 N–H and O–H groups in total. The lowest BCUT2D eigenvalue weighted by Crippen LogP contribution is -2.44. The molecule has 0 spiro atoms. The van der Waals surface area contributed by atoms with Crippen molar-refractivity contribution in [2.24, 2.45) is 7.05 Å². The second-order valence-electron chi connectivity index (χ2n) is 4.87. The van der Waals surface area contributed by atoms with Gasteiger partial charge in [0.25, 0.3) is 0 Å². The predicted molar refractivity (Wildman–Crippen MR) is 71.8 cm³/mol. The molecule has 2 heterocycles. The predicted octanol–water partition coefficient (Wildman–Crippen LogP) is -0.0147. The third-order valence-corrected chi connectivity index (χ3v) is 3.60. The zero-order chi connectivity index (χ0) is 13.8. The van der Waals surface area contributed by atoms with Crippen molar-refractivity contribution in [1.29, 1.82) is 0 Å². The Bertz CT molecular complexity index is 450. The molecule has 0 aliphatic carbocycles. The molecule has 1 saturated heterocycles. The van der Waals surface area contributed by atoms with E-state index in [4.69, 9.17) is 4.74 Å². The van der Waals surface area contributed by atoms with Gasteiger partial charge in [-0.05, 0) is 13.8 Å². The molecule has 6 nitrogen and oxygen atoms in total. The molecule has 0 atom stereocenters. The van der Waals surface area contributed by atoms with E-state index in [0.29, 0.717) is 39.4 Å². The van der Waals surface area contributed by atoms with Crippen molar-refractivity contribution >= 4 is 5.91 Å². The lowest BCUT2D eigenvalue weighted by molar-refractivity contribution is -0.134. The largest absolute Gasteiger partial charge is 0.378 e. The van der Waals surface area contributed by atoms with Crippen LogP contribution < -0.4 is 5.32 Å². The van der Waals surface area contributed by atoms with Crippen molar-refractivity contribution in [3.63, 3.8) is 0 Å². The van der Waals surface area contributed by atoms with E-state index in [9.17, 15) is 4.79 Å². The van der Waals surface area contributed by atoms with Gasteiger partial charge in [0.2, 0.25) is 5.91 Å². The standard InChI is InChI=1S/C13H22N4O2/c1-10-12(11(2)16(3)15-10)8-14-9-13(18)17-4-6-19-7-5-17/h14H,4-9H2,1-3H3. The molecule has 0 radical (unpaired) electrons. The van der Waals surface area contributed by atoms with E-state index in [-0.39, 0.29) is 5.91 Å². The maximum absolute atomic E-state index is 12.0. The molecule has 19 heavy (non-hydrogen) atoms. The highest BCUT2D eigenvalue weighted by Crippen LogP contribution is 2.11. The first-order valence-corrected chi connectivity index (χ1v) is 6.65. The van der Waals surface area contributed by atoms with E-state index in [0.717, 1.165) is 11.4 Å². The maximum atomic E-state index is 12.0. The Labute approximate surface area is 113 Å². The Balaban J connectivity index is 1.81. The SMILES string of the molecule is Cc1nn(C)c(C)c1CNCC(=O)N1CCOCC1. The van der Waals surface area contributed by atoms with Crippen molar-refractivity contribution < 1.29 is 9.53 Å². The molecule has 1 amide bonds. The van der Waals surface area contributed by atoms with Gasteiger partial charge in [-0.15, -0.1) is 0 Å². The van der Waals surface area contributed by atoms with Gasteiger partial charge in [-0.2, -0.15) is 5.10 Å². The van der Waals surface area contributed by atoms with Gasteiger partial charge in [-0.1, -0.05) is 0 Å². The fourth-order valence-electron chi connectivity index (χ4n) is 2.29. The van der Waals surface area contributed by atoms with Crippen LogP contribution in [-0.4, -0.2) is 53.4 Å². The van der Waals surface area contributed by atoms with E-state index in [1.807, 2.05) is 30.5 Å². The fourth-order valence-corrected chi connectivity index (χ4v) is 2.29.